The first-order valence-corrected chi connectivity index (χ1v) is 12.0. The molecule has 0 radical (unpaired) electrons. The van der Waals surface area contributed by atoms with Gasteiger partial charge in [0.1, 0.15) is 11.6 Å². The second-order valence-electron chi connectivity index (χ2n) is 8.13. The van der Waals surface area contributed by atoms with Crippen LogP contribution in [0.1, 0.15) is 47.6 Å². The third-order valence-electron chi connectivity index (χ3n) is 5.65. The number of imidazole rings is 1. The third-order valence-corrected chi connectivity index (χ3v) is 6.18. The van der Waals surface area contributed by atoms with E-state index in [1.807, 2.05) is 67.6 Å². The quantitative estimate of drug-likeness (QED) is 0.265. The number of carbonyl (C=O) groups excluding carboxylic acids is 1. The second-order valence-corrected chi connectivity index (χ2v) is 9.05. The molecular formula is C27H28BrN3O2. The summed E-state index contributed by atoms with van der Waals surface area (Å²) in [6.07, 6.45) is 1.88. The number of para-hydroxylation sites is 3. The first kappa shape index (κ1) is 23.1. The average molecular weight is 506 g/mol. The van der Waals surface area contributed by atoms with E-state index in [4.69, 9.17) is 9.72 Å². The number of rotatable bonds is 9. The van der Waals surface area contributed by atoms with Crippen LogP contribution in [0.5, 0.6) is 5.75 Å². The Balaban J connectivity index is 1.43. The number of carbonyl (C=O) groups is 1. The first-order chi connectivity index (χ1) is 16.0. The number of halogens is 1. The van der Waals surface area contributed by atoms with Crippen molar-refractivity contribution in [2.24, 2.45) is 0 Å². The Bertz CT molecular complexity index is 1230. The molecule has 0 fully saturated rings. The van der Waals surface area contributed by atoms with E-state index in [9.17, 15) is 4.79 Å². The highest BCUT2D eigenvalue weighted by Gasteiger charge is 2.19. The van der Waals surface area contributed by atoms with Crippen LogP contribution < -0.4 is 10.1 Å². The van der Waals surface area contributed by atoms with E-state index >= 15 is 0 Å². The number of hydrogen-bond donors (Lipinski definition) is 1. The van der Waals surface area contributed by atoms with Crippen molar-refractivity contribution in [3.8, 4) is 5.75 Å². The molecule has 0 aliphatic rings. The van der Waals surface area contributed by atoms with E-state index in [1.165, 1.54) is 0 Å². The standard InChI is InChI=1S/C27H28BrN3O2/c1-19-9-3-6-12-25(19)33-18-8-7-17-31-24-11-5-4-10-23(24)30-26(31)20(2)29-27(32)21-13-15-22(28)16-14-21/h3-6,9-16,20H,7-8,17-18H2,1-2H3,(H,29,32). The zero-order valence-corrected chi connectivity index (χ0v) is 20.5. The number of benzene rings is 3. The van der Waals surface area contributed by atoms with Gasteiger partial charge < -0.3 is 14.6 Å². The summed E-state index contributed by atoms with van der Waals surface area (Å²) in [5.74, 6) is 1.69. The van der Waals surface area contributed by atoms with Crippen molar-refractivity contribution in [1.82, 2.24) is 14.9 Å². The zero-order chi connectivity index (χ0) is 23.2. The van der Waals surface area contributed by atoms with Gasteiger partial charge in [-0.2, -0.15) is 0 Å². The summed E-state index contributed by atoms with van der Waals surface area (Å²) in [6.45, 7) is 5.52. The van der Waals surface area contributed by atoms with Gasteiger partial charge in [-0.05, 0) is 74.7 Å². The van der Waals surface area contributed by atoms with Crippen molar-refractivity contribution in [2.75, 3.05) is 6.61 Å². The molecule has 0 saturated carbocycles. The van der Waals surface area contributed by atoms with Gasteiger partial charge in [-0.25, -0.2) is 4.98 Å². The lowest BCUT2D eigenvalue weighted by Gasteiger charge is -2.17. The second kappa shape index (κ2) is 10.7. The molecule has 1 N–H and O–H groups in total. The maximum atomic E-state index is 12.7. The molecule has 6 heteroatoms. The molecule has 5 nitrogen and oxygen atoms in total. The van der Waals surface area contributed by atoms with Crippen LogP contribution in [0.25, 0.3) is 11.0 Å². The van der Waals surface area contributed by atoms with Crippen LogP contribution >= 0.6 is 15.9 Å². The van der Waals surface area contributed by atoms with Crippen molar-refractivity contribution in [3.63, 3.8) is 0 Å². The molecule has 0 bridgehead atoms. The van der Waals surface area contributed by atoms with E-state index in [0.717, 1.165) is 52.0 Å². The minimum absolute atomic E-state index is 0.111. The van der Waals surface area contributed by atoms with E-state index < -0.39 is 0 Å². The lowest BCUT2D eigenvalue weighted by atomic mass is 10.2. The molecule has 0 aliphatic heterocycles. The van der Waals surface area contributed by atoms with E-state index in [1.54, 1.807) is 0 Å². The lowest BCUT2D eigenvalue weighted by molar-refractivity contribution is 0.0937. The number of aromatic nitrogens is 2. The highest BCUT2D eigenvalue weighted by atomic mass is 79.9. The predicted octanol–water partition coefficient (Wildman–Crippen LogP) is 6.46. The Kier molecular flexibility index (Phi) is 7.45. The summed E-state index contributed by atoms with van der Waals surface area (Å²) in [6, 6.07) is 23.3. The highest BCUT2D eigenvalue weighted by molar-refractivity contribution is 9.10. The minimum atomic E-state index is -0.225. The van der Waals surface area contributed by atoms with Crippen molar-refractivity contribution < 1.29 is 9.53 Å². The Morgan fingerprint density at radius 1 is 1.03 bits per heavy atom. The molecule has 4 rings (SSSR count). The topological polar surface area (TPSA) is 56.1 Å². The number of ether oxygens (including phenoxy) is 1. The molecule has 1 unspecified atom stereocenters. The minimum Gasteiger partial charge on any atom is -0.493 e. The van der Waals surface area contributed by atoms with E-state index in [2.05, 4.69) is 44.9 Å². The third kappa shape index (κ3) is 5.63. The molecule has 0 saturated heterocycles. The zero-order valence-electron chi connectivity index (χ0n) is 18.9. The number of aryl methyl sites for hydroxylation is 2. The number of nitrogens with zero attached hydrogens (tertiary/aromatic N) is 2. The monoisotopic (exact) mass is 505 g/mol. The molecule has 1 aromatic heterocycles. The van der Waals surface area contributed by atoms with Crippen LogP contribution in [-0.4, -0.2) is 22.1 Å². The summed E-state index contributed by atoms with van der Waals surface area (Å²) >= 11 is 3.41. The molecule has 3 aromatic carbocycles. The Hall–Kier alpha value is -3.12. The Labute approximate surface area is 202 Å². The van der Waals surface area contributed by atoms with Crippen LogP contribution in [0.4, 0.5) is 0 Å². The van der Waals surface area contributed by atoms with Gasteiger partial charge in [0, 0.05) is 16.6 Å². The maximum Gasteiger partial charge on any atom is 0.251 e. The van der Waals surface area contributed by atoms with Crippen molar-refractivity contribution in [2.45, 2.75) is 39.3 Å². The van der Waals surface area contributed by atoms with E-state index in [-0.39, 0.29) is 11.9 Å². The Morgan fingerprint density at radius 2 is 1.76 bits per heavy atom. The van der Waals surface area contributed by atoms with Crippen LogP contribution in [-0.2, 0) is 6.54 Å². The molecule has 33 heavy (non-hydrogen) atoms. The molecule has 0 spiro atoms. The Morgan fingerprint density at radius 3 is 2.55 bits per heavy atom. The predicted molar refractivity (Wildman–Crippen MR) is 136 cm³/mol. The van der Waals surface area contributed by atoms with Gasteiger partial charge >= 0.3 is 0 Å². The fraction of sp³-hybridized carbons (Fsp3) is 0.259. The smallest absolute Gasteiger partial charge is 0.251 e. The highest BCUT2D eigenvalue weighted by Crippen LogP contribution is 2.23. The first-order valence-electron chi connectivity index (χ1n) is 11.2. The molecular weight excluding hydrogens is 478 g/mol. The summed E-state index contributed by atoms with van der Waals surface area (Å²) in [5.41, 5.74) is 3.79. The SMILES string of the molecule is Cc1ccccc1OCCCCn1c(C(C)NC(=O)c2ccc(Br)cc2)nc2ccccc21. The van der Waals surface area contributed by atoms with Gasteiger partial charge in [-0.15, -0.1) is 0 Å². The molecule has 1 heterocycles. The average Bonchev–Trinajstić information content (AvgIpc) is 3.19. The maximum absolute atomic E-state index is 12.7. The summed E-state index contributed by atoms with van der Waals surface area (Å²) in [5, 5.41) is 3.10. The van der Waals surface area contributed by atoms with Crippen LogP contribution in [0.2, 0.25) is 0 Å². The van der Waals surface area contributed by atoms with Gasteiger partial charge in [0.2, 0.25) is 0 Å². The molecule has 0 aliphatic carbocycles. The van der Waals surface area contributed by atoms with E-state index in [0.29, 0.717) is 12.2 Å². The largest absolute Gasteiger partial charge is 0.493 e. The molecule has 4 aromatic rings. The van der Waals surface area contributed by atoms with Gasteiger partial charge in [-0.1, -0.05) is 46.3 Å². The molecule has 1 amide bonds. The lowest BCUT2D eigenvalue weighted by Crippen LogP contribution is -2.28. The normalized spacial score (nSPS) is 12.0. The summed E-state index contributed by atoms with van der Waals surface area (Å²) < 4.78 is 9.11. The van der Waals surface area contributed by atoms with Crippen LogP contribution in [0, 0.1) is 6.92 Å². The van der Waals surface area contributed by atoms with Gasteiger partial charge in [0.25, 0.3) is 5.91 Å². The molecule has 170 valence electrons. The number of nitrogens with one attached hydrogen (secondary N) is 1. The van der Waals surface area contributed by atoms with Crippen molar-refractivity contribution in [3.05, 3.63) is 94.2 Å². The fourth-order valence-corrected chi connectivity index (χ4v) is 4.14. The van der Waals surface area contributed by atoms with Gasteiger partial charge in [-0.3, -0.25) is 4.79 Å². The van der Waals surface area contributed by atoms with Gasteiger partial charge in [0.15, 0.2) is 0 Å². The van der Waals surface area contributed by atoms with Crippen molar-refractivity contribution >= 4 is 32.9 Å². The van der Waals surface area contributed by atoms with Crippen LogP contribution in [0.15, 0.2) is 77.3 Å². The number of unbranched alkanes of at least 4 members (excludes halogenated alkanes) is 1. The number of amides is 1. The fourth-order valence-electron chi connectivity index (χ4n) is 3.88. The number of fused-ring (bicyclic) bond motifs is 1. The molecule has 1 atom stereocenters. The van der Waals surface area contributed by atoms with Crippen molar-refractivity contribution in [1.29, 1.82) is 0 Å². The van der Waals surface area contributed by atoms with Crippen LogP contribution in [0.3, 0.4) is 0 Å². The number of hydrogen-bond acceptors (Lipinski definition) is 3. The van der Waals surface area contributed by atoms with Gasteiger partial charge in [0.05, 0.1) is 23.7 Å². The summed E-state index contributed by atoms with van der Waals surface area (Å²) in [4.78, 5) is 17.6. The summed E-state index contributed by atoms with van der Waals surface area (Å²) in [7, 11) is 0.